The number of amides is 1. The summed E-state index contributed by atoms with van der Waals surface area (Å²) in [6.45, 7) is 1.98. The summed E-state index contributed by atoms with van der Waals surface area (Å²) in [7, 11) is 0. The zero-order valence-electron chi connectivity index (χ0n) is 14.7. The molecule has 7 heteroatoms. The third-order valence-corrected chi connectivity index (χ3v) is 5.88. The molecule has 1 fully saturated rings. The van der Waals surface area contributed by atoms with Crippen LogP contribution in [0.25, 0.3) is 0 Å². The Bertz CT molecular complexity index is 854. The molecule has 2 heterocycles. The van der Waals surface area contributed by atoms with E-state index in [2.05, 4.69) is 15.4 Å². The highest BCUT2D eigenvalue weighted by atomic mass is 35.5. The van der Waals surface area contributed by atoms with Crippen LogP contribution >= 0.6 is 23.4 Å². The van der Waals surface area contributed by atoms with Crippen molar-refractivity contribution < 1.29 is 9.63 Å². The fraction of sp³-hybridized carbons (Fsp3) is 0.300. The first-order valence-electron chi connectivity index (χ1n) is 8.92. The van der Waals surface area contributed by atoms with Gasteiger partial charge in [0, 0.05) is 36.7 Å². The van der Waals surface area contributed by atoms with Gasteiger partial charge in [-0.15, -0.1) is 0 Å². The summed E-state index contributed by atoms with van der Waals surface area (Å²) in [5.74, 6) is 2.00. The molecule has 1 amide bonds. The molecule has 1 saturated heterocycles. The monoisotopic (exact) mass is 401 g/mol. The zero-order valence-corrected chi connectivity index (χ0v) is 16.3. The second-order valence-electron chi connectivity index (χ2n) is 6.46. The Balaban J connectivity index is 1.38. The number of nitrogens with one attached hydrogen (secondary N) is 1. The summed E-state index contributed by atoms with van der Waals surface area (Å²) in [5, 5.41) is 7.59. The summed E-state index contributed by atoms with van der Waals surface area (Å²) in [6, 6.07) is 15.4. The van der Waals surface area contributed by atoms with Crippen molar-refractivity contribution in [1.82, 2.24) is 0 Å². The lowest BCUT2D eigenvalue weighted by molar-refractivity contribution is -0.125. The number of carbonyl (C=O) groups is 1. The predicted octanol–water partition coefficient (Wildman–Crippen LogP) is 4.02. The van der Waals surface area contributed by atoms with Crippen molar-refractivity contribution in [2.75, 3.05) is 34.8 Å². The third-order valence-electron chi connectivity index (χ3n) is 4.64. The normalized spacial score (nSPS) is 19.4. The van der Waals surface area contributed by atoms with Crippen molar-refractivity contribution in [2.24, 2.45) is 5.16 Å². The Kier molecular flexibility index (Phi) is 5.55. The van der Waals surface area contributed by atoms with Crippen LogP contribution in [0.5, 0.6) is 0 Å². The molecule has 2 aliphatic rings. The zero-order chi connectivity index (χ0) is 18.6. The highest BCUT2D eigenvalue weighted by Crippen LogP contribution is 2.31. The number of hydrogen-bond acceptors (Lipinski definition) is 5. The van der Waals surface area contributed by atoms with Gasteiger partial charge < -0.3 is 15.1 Å². The summed E-state index contributed by atoms with van der Waals surface area (Å²) in [5.41, 5.74) is 3.44. The molecular weight excluding hydrogens is 382 g/mol. The number of carbonyl (C=O) groups excluding carboxylic acids is 1. The van der Waals surface area contributed by atoms with Gasteiger partial charge in [-0.25, -0.2) is 0 Å². The van der Waals surface area contributed by atoms with E-state index in [1.807, 2.05) is 54.2 Å². The molecule has 2 aromatic rings. The SMILES string of the molecule is O=C(Nc1ccc(N2CCSCC2)c(Cl)c1)C1CC(c2ccccc2)=NO1. The van der Waals surface area contributed by atoms with Gasteiger partial charge >= 0.3 is 0 Å². The number of rotatable bonds is 4. The summed E-state index contributed by atoms with van der Waals surface area (Å²) in [4.78, 5) is 20.1. The first-order chi connectivity index (χ1) is 13.2. The van der Waals surface area contributed by atoms with Crippen LogP contribution in [0.3, 0.4) is 0 Å². The van der Waals surface area contributed by atoms with E-state index in [-0.39, 0.29) is 5.91 Å². The maximum atomic E-state index is 12.5. The third kappa shape index (κ3) is 4.22. The topological polar surface area (TPSA) is 53.9 Å². The Morgan fingerprint density at radius 3 is 2.70 bits per heavy atom. The van der Waals surface area contributed by atoms with Crippen molar-refractivity contribution in [3.05, 3.63) is 59.1 Å². The maximum absolute atomic E-state index is 12.5. The lowest BCUT2D eigenvalue weighted by Gasteiger charge is -2.29. The van der Waals surface area contributed by atoms with Gasteiger partial charge in [0.2, 0.25) is 6.10 Å². The molecule has 2 aliphatic heterocycles. The molecule has 0 aliphatic carbocycles. The second kappa shape index (κ2) is 8.23. The Labute approximate surface area is 167 Å². The van der Waals surface area contributed by atoms with Gasteiger partial charge in [0.25, 0.3) is 5.91 Å². The van der Waals surface area contributed by atoms with Crippen molar-refractivity contribution in [3.8, 4) is 0 Å². The standard InChI is InChI=1S/C20H20ClN3O2S/c21-16-12-15(6-7-18(16)24-8-10-27-11-9-24)22-20(25)19-13-17(23-26-19)14-4-2-1-3-5-14/h1-7,12,19H,8-11,13H2,(H,22,25). The molecule has 4 rings (SSSR count). The van der Waals surface area contributed by atoms with Crippen molar-refractivity contribution in [2.45, 2.75) is 12.5 Å². The fourth-order valence-electron chi connectivity index (χ4n) is 3.19. The first kappa shape index (κ1) is 18.2. The molecule has 0 radical (unpaired) electrons. The quantitative estimate of drug-likeness (QED) is 0.840. The molecule has 140 valence electrons. The van der Waals surface area contributed by atoms with E-state index in [1.165, 1.54) is 0 Å². The smallest absolute Gasteiger partial charge is 0.268 e. The van der Waals surface area contributed by atoms with Gasteiger partial charge in [-0.2, -0.15) is 11.8 Å². The van der Waals surface area contributed by atoms with Crippen LogP contribution in [0.4, 0.5) is 11.4 Å². The van der Waals surface area contributed by atoms with Gasteiger partial charge in [0.05, 0.1) is 16.4 Å². The molecule has 1 unspecified atom stereocenters. The predicted molar refractivity (Wildman–Crippen MR) is 112 cm³/mol. The van der Waals surface area contributed by atoms with E-state index < -0.39 is 6.10 Å². The average molecular weight is 402 g/mol. The van der Waals surface area contributed by atoms with Crippen molar-refractivity contribution in [1.29, 1.82) is 0 Å². The highest BCUT2D eigenvalue weighted by molar-refractivity contribution is 7.99. The molecular formula is C20H20ClN3O2S. The molecule has 2 aromatic carbocycles. The van der Waals surface area contributed by atoms with Gasteiger partial charge in [0.1, 0.15) is 0 Å². The molecule has 1 N–H and O–H groups in total. The van der Waals surface area contributed by atoms with Crippen molar-refractivity contribution >= 4 is 46.4 Å². The van der Waals surface area contributed by atoms with Crippen LogP contribution in [0, 0.1) is 0 Å². The number of anilines is 2. The summed E-state index contributed by atoms with van der Waals surface area (Å²) < 4.78 is 0. The first-order valence-corrected chi connectivity index (χ1v) is 10.5. The lowest BCUT2D eigenvalue weighted by atomic mass is 10.0. The van der Waals surface area contributed by atoms with Crippen LogP contribution in [0.15, 0.2) is 53.7 Å². The minimum absolute atomic E-state index is 0.220. The number of thioether (sulfide) groups is 1. The molecule has 5 nitrogen and oxygen atoms in total. The Morgan fingerprint density at radius 1 is 1.19 bits per heavy atom. The van der Waals surface area contributed by atoms with E-state index >= 15 is 0 Å². The lowest BCUT2D eigenvalue weighted by Crippen LogP contribution is -2.32. The minimum atomic E-state index is -0.627. The summed E-state index contributed by atoms with van der Waals surface area (Å²) in [6.07, 6.45) is -0.176. The summed E-state index contributed by atoms with van der Waals surface area (Å²) >= 11 is 8.41. The second-order valence-corrected chi connectivity index (χ2v) is 8.09. The number of nitrogens with zero attached hydrogens (tertiary/aromatic N) is 2. The van der Waals surface area contributed by atoms with Gasteiger partial charge in [-0.05, 0) is 23.8 Å². The van der Waals surface area contributed by atoms with Gasteiger partial charge in [0.15, 0.2) is 0 Å². The maximum Gasteiger partial charge on any atom is 0.268 e. The van der Waals surface area contributed by atoms with Crippen LogP contribution in [-0.4, -0.2) is 42.3 Å². The van der Waals surface area contributed by atoms with E-state index in [1.54, 1.807) is 6.07 Å². The van der Waals surface area contributed by atoms with E-state index in [4.69, 9.17) is 16.4 Å². The molecule has 27 heavy (non-hydrogen) atoms. The molecule has 1 atom stereocenters. The average Bonchev–Trinajstić information content (AvgIpc) is 3.20. The number of hydrogen-bond donors (Lipinski definition) is 1. The van der Waals surface area contributed by atoms with Crippen LogP contribution < -0.4 is 10.2 Å². The number of oxime groups is 1. The van der Waals surface area contributed by atoms with Gasteiger partial charge in [-0.3, -0.25) is 4.79 Å². The largest absolute Gasteiger partial charge is 0.382 e. The van der Waals surface area contributed by atoms with Crippen molar-refractivity contribution in [3.63, 3.8) is 0 Å². The molecule has 0 aromatic heterocycles. The molecule has 0 spiro atoms. The molecule has 0 saturated carbocycles. The van der Waals surface area contributed by atoms with Crippen LogP contribution in [0.2, 0.25) is 5.02 Å². The van der Waals surface area contributed by atoms with E-state index in [0.29, 0.717) is 17.1 Å². The fourth-order valence-corrected chi connectivity index (χ4v) is 4.39. The van der Waals surface area contributed by atoms with E-state index in [0.717, 1.165) is 41.6 Å². The minimum Gasteiger partial charge on any atom is -0.382 e. The van der Waals surface area contributed by atoms with Crippen LogP contribution in [0.1, 0.15) is 12.0 Å². The molecule has 0 bridgehead atoms. The Morgan fingerprint density at radius 2 is 1.96 bits per heavy atom. The van der Waals surface area contributed by atoms with E-state index in [9.17, 15) is 4.79 Å². The highest BCUT2D eigenvalue weighted by Gasteiger charge is 2.29. The number of halogens is 1. The van der Waals surface area contributed by atoms with Crippen LogP contribution in [-0.2, 0) is 9.63 Å². The van der Waals surface area contributed by atoms with Gasteiger partial charge in [-0.1, -0.05) is 47.1 Å². The number of benzene rings is 2. The Hall–Kier alpha value is -2.18.